The van der Waals surface area contributed by atoms with E-state index in [0.717, 1.165) is 23.3 Å². The average molecular weight is 392 g/mol. The molecule has 5 heteroatoms. The summed E-state index contributed by atoms with van der Waals surface area (Å²) in [6.07, 6.45) is 12.5. The number of benzene rings is 1. The van der Waals surface area contributed by atoms with E-state index in [9.17, 15) is 4.79 Å². The summed E-state index contributed by atoms with van der Waals surface area (Å²) >= 11 is 0. The van der Waals surface area contributed by atoms with Crippen LogP contribution in [0.1, 0.15) is 36.5 Å². The number of rotatable bonds is 5. The highest BCUT2D eigenvalue weighted by molar-refractivity contribution is 6.09. The molecule has 1 heterocycles. The van der Waals surface area contributed by atoms with Crippen LogP contribution >= 0.6 is 0 Å². The van der Waals surface area contributed by atoms with E-state index in [4.69, 9.17) is 0 Å². The van der Waals surface area contributed by atoms with Crippen molar-refractivity contribution in [1.82, 2.24) is 16.0 Å². The highest BCUT2D eigenvalue weighted by atomic mass is 16.1. The molecular weight excluding hydrogens is 360 g/mol. The second-order valence-corrected chi connectivity index (χ2v) is 9.07. The third-order valence-electron chi connectivity index (χ3n) is 6.94. The number of hydrogen-bond acceptors (Lipinski definition) is 4. The average Bonchev–Trinajstić information content (AvgIpc) is 3.39. The molecule has 4 aliphatic rings. The molecule has 29 heavy (non-hydrogen) atoms. The lowest BCUT2D eigenvalue weighted by Crippen LogP contribution is -2.64. The number of ketones is 1. The van der Waals surface area contributed by atoms with Gasteiger partial charge in [-0.05, 0) is 37.0 Å². The first-order valence-corrected chi connectivity index (χ1v) is 10.9. The molecule has 1 saturated heterocycles. The Morgan fingerprint density at radius 2 is 1.72 bits per heavy atom. The van der Waals surface area contributed by atoms with Crippen LogP contribution in [0.3, 0.4) is 0 Å². The maximum absolute atomic E-state index is 13.3. The van der Waals surface area contributed by atoms with Gasteiger partial charge in [0.2, 0.25) is 0 Å². The fourth-order valence-corrected chi connectivity index (χ4v) is 5.41. The minimum absolute atomic E-state index is 0.0276. The first-order chi connectivity index (χ1) is 14.1. The summed E-state index contributed by atoms with van der Waals surface area (Å²) in [7, 11) is 0. The summed E-state index contributed by atoms with van der Waals surface area (Å²) in [6.45, 7) is 1.96. The summed E-state index contributed by atoms with van der Waals surface area (Å²) in [6, 6.07) is 10.6. The Morgan fingerprint density at radius 3 is 2.38 bits per heavy atom. The van der Waals surface area contributed by atoms with Crippen LogP contribution in [0.15, 0.2) is 65.9 Å². The van der Waals surface area contributed by atoms with Gasteiger partial charge in [0, 0.05) is 30.6 Å². The van der Waals surface area contributed by atoms with Crippen molar-refractivity contribution in [3.63, 3.8) is 0 Å². The van der Waals surface area contributed by atoms with E-state index in [1.54, 1.807) is 0 Å². The molecule has 5 nitrogen and oxygen atoms in total. The molecular formula is C24H31N4O+. The molecule has 3 aliphatic carbocycles. The topological polar surface area (TPSA) is 80.8 Å². The lowest BCUT2D eigenvalue weighted by atomic mass is 9.91. The molecule has 0 bridgehead atoms. The molecule has 1 aromatic rings. The number of allylic oxidation sites excluding steroid dienone is 5. The third-order valence-corrected chi connectivity index (χ3v) is 6.94. The Kier molecular flexibility index (Phi) is 5.00. The fourth-order valence-electron chi connectivity index (χ4n) is 5.41. The highest BCUT2D eigenvalue weighted by Gasteiger charge is 2.51. The van der Waals surface area contributed by atoms with Gasteiger partial charge in [0.05, 0.1) is 5.57 Å². The Hall–Kier alpha value is -2.05. The predicted octanol–water partition coefficient (Wildman–Crippen LogP) is 1.73. The van der Waals surface area contributed by atoms with Gasteiger partial charge in [-0.3, -0.25) is 20.7 Å². The predicted molar refractivity (Wildman–Crippen MR) is 114 cm³/mol. The first-order valence-electron chi connectivity index (χ1n) is 10.9. The van der Waals surface area contributed by atoms with Crippen LogP contribution in [0, 0.1) is 17.8 Å². The van der Waals surface area contributed by atoms with E-state index in [1.165, 1.54) is 12.8 Å². The van der Waals surface area contributed by atoms with Crippen LogP contribution in [0.5, 0.6) is 0 Å². The second kappa shape index (κ2) is 7.65. The number of quaternary nitrogens is 1. The Bertz CT molecular complexity index is 850. The molecule has 2 saturated carbocycles. The molecule has 6 N–H and O–H groups in total. The van der Waals surface area contributed by atoms with Gasteiger partial charge in [-0.1, -0.05) is 54.6 Å². The van der Waals surface area contributed by atoms with E-state index >= 15 is 0 Å². The normalized spacial score (nSPS) is 38.2. The SMILES string of the molecule is CC([NH3+])=C(C(=O)c1ccccc1)C1NC(NC2CC3C=CC=CC3C2)NC2CC21. The molecule has 1 aliphatic heterocycles. The van der Waals surface area contributed by atoms with Crippen molar-refractivity contribution in [1.29, 1.82) is 0 Å². The molecule has 3 fully saturated rings. The molecule has 6 unspecified atom stereocenters. The molecule has 0 aromatic heterocycles. The zero-order valence-corrected chi connectivity index (χ0v) is 17.0. The zero-order valence-electron chi connectivity index (χ0n) is 17.0. The van der Waals surface area contributed by atoms with Crippen molar-refractivity contribution in [2.75, 3.05) is 0 Å². The zero-order chi connectivity index (χ0) is 20.0. The van der Waals surface area contributed by atoms with Gasteiger partial charge < -0.3 is 5.73 Å². The van der Waals surface area contributed by atoms with E-state index in [-0.39, 0.29) is 18.1 Å². The Morgan fingerprint density at radius 1 is 1.03 bits per heavy atom. The number of hydrogen-bond donors (Lipinski definition) is 4. The second-order valence-electron chi connectivity index (χ2n) is 9.07. The van der Waals surface area contributed by atoms with Crippen LogP contribution in [0.4, 0.5) is 0 Å². The van der Waals surface area contributed by atoms with Gasteiger partial charge in [-0.2, -0.15) is 0 Å². The minimum Gasteiger partial charge on any atom is -0.329 e. The van der Waals surface area contributed by atoms with Crippen molar-refractivity contribution in [2.24, 2.45) is 17.8 Å². The van der Waals surface area contributed by atoms with Gasteiger partial charge in [-0.25, -0.2) is 0 Å². The molecule has 6 atom stereocenters. The standard InChI is InChI=1S/C24H30N4O/c1-14(25)21(23(29)15-7-3-2-4-8-15)22-19-13-20(19)27-24(28-22)26-18-11-16-9-5-6-10-17(16)12-18/h2-10,16-20,22,24,26-28H,11-13,25H2,1H3/p+1. The van der Waals surface area contributed by atoms with Crippen LogP contribution in [-0.4, -0.2) is 30.2 Å². The highest BCUT2D eigenvalue weighted by Crippen LogP contribution is 2.41. The monoisotopic (exact) mass is 391 g/mol. The molecule has 0 radical (unpaired) electrons. The lowest BCUT2D eigenvalue weighted by Gasteiger charge is -2.35. The maximum Gasteiger partial charge on any atom is 0.196 e. The largest absolute Gasteiger partial charge is 0.329 e. The molecule has 152 valence electrons. The summed E-state index contributed by atoms with van der Waals surface area (Å²) in [5.74, 6) is 1.87. The van der Waals surface area contributed by atoms with Crippen LogP contribution in [0.25, 0.3) is 0 Å². The minimum atomic E-state index is 0.0276. The van der Waals surface area contributed by atoms with Crippen molar-refractivity contribution >= 4 is 5.78 Å². The van der Waals surface area contributed by atoms with Gasteiger partial charge in [0.15, 0.2) is 5.78 Å². The molecule has 0 spiro atoms. The summed E-state index contributed by atoms with van der Waals surface area (Å²) < 4.78 is 0. The van der Waals surface area contributed by atoms with Gasteiger partial charge in [0.1, 0.15) is 12.0 Å². The Balaban J connectivity index is 1.30. The molecule has 0 amide bonds. The smallest absolute Gasteiger partial charge is 0.196 e. The quantitative estimate of drug-likeness (QED) is 0.455. The molecule has 1 aromatic carbocycles. The van der Waals surface area contributed by atoms with E-state index in [0.29, 0.717) is 29.8 Å². The number of nitrogens with one attached hydrogen (secondary N) is 3. The number of Topliss-reactive ketones (excluding diaryl/α,β-unsaturated/α-hetero) is 1. The van der Waals surface area contributed by atoms with Gasteiger partial charge >= 0.3 is 0 Å². The summed E-state index contributed by atoms with van der Waals surface area (Å²) in [5.41, 5.74) is 6.60. The van der Waals surface area contributed by atoms with Crippen LogP contribution in [0.2, 0.25) is 0 Å². The van der Waals surface area contributed by atoms with Crippen LogP contribution in [-0.2, 0) is 0 Å². The summed E-state index contributed by atoms with van der Waals surface area (Å²) in [4.78, 5) is 13.3. The maximum atomic E-state index is 13.3. The lowest BCUT2D eigenvalue weighted by molar-refractivity contribution is -0.303. The van der Waals surface area contributed by atoms with Gasteiger partial charge in [0.25, 0.3) is 0 Å². The first kappa shape index (κ1) is 18.9. The van der Waals surface area contributed by atoms with Crippen molar-refractivity contribution in [3.8, 4) is 0 Å². The number of carbonyl (C=O) groups excluding carboxylic acids is 1. The van der Waals surface area contributed by atoms with Crippen LogP contribution < -0.4 is 21.7 Å². The number of carbonyl (C=O) groups is 1. The van der Waals surface area contributed by atoms with Crippen molar-refractivity contribution < 1.29 is 10.5 Å². The van der Waals surface area contributed by atoms with Crippen molar-refractivity contribution in [3.05, 3.63) is 71.5 Å². The van der Waals surface area contributed by atoms with E-state index in [1.807, 2.05) is 37.3 Å². The van der Waals surface area contributed by atoms with E-state index < -0.39 is 0 Å². The number of fused-ring (bicyclic) bond motifs is 2. The van der Waals surface area contributed by atoms with Crippen molar-refractivity contribution in [2.45, 2.75) is 50.6 Å². The molecule has 5 rings (SSSR count). The summed E-state index contributed by atoms with van der Waals surface area (Å²) in [5, 5.41) is 11.2. The van der Waals surface area contributed by atoms with Gasteiger partial charge in [-0.15, -0.1) is 0 Å². The van der Waals surface area contributed by atoms with E-state index in [2.05, 4.69) is 46.0 Å². The Labute approximate surface area is 172 Å². The fraction of sp³-hybridized carbons (Fsp3) is 0.458. The third kappa shape index (κ3) is 3.76.